The van der Waals surface area contributed by atoms with Gasteiger partial charge in [0.2, 0.25) is 0 Å². The second kappa shape index (κ2) is 5.31. The first-order valence-electron chi connectivity index (χ1n) is 4.54. The van der Waals surface area contributed by atoms with E-state index in [2.05, 4.69) is 15.9 Å². The van der Waals surface area contributed by atoms with E-state index in [4.69, 9.17) is 5.26 Å². The maximum atomic E-state index is 12.7. The van der Waals surface area contributed by atoms with Crippen molar-refractivity contribution < 1.29 is 22.8 Å². The maximum Gasteiger partial charge on any atom is 0.417 e. The monoisotopic (exact) mass is 319 g/mol. The Bertz CT molecular complexity index is 546. The molecular formula is C11H5BrF3NO2. The Balaban J connectivity index is 3.67. The molecule has 0 saturated carbocycles. The summed E-state index contributed by atoms with van der Waals surface area (Å²) in [5.74, 6) is -0.694. The minimum Gasteiger partial charge on any atom is -0.298 e. The van der Waals surface area contributed by atoms with Gasteiger partial charge in [0.25, 0.3) is 0 Å². The highest BCUT2D eigenvalue weighted by Crippen LogP contribution is 2.34. The number of rotatable bonds is 3. The van der Waals surface area contributed by atoms with Crippen LogP contribution in [-0.4, -0.2) is 17.4 Å². The first-order valence-corrected chi connectivity index (χ1v) is 5.67. The number of hydrogen-bond donors (Lipinski definition) is 0. The Morgan fingerprint density at radius 2 is 2.06 bits per heavy atom. The topological polar surface area (TPSA) is 57.9 Å². The van der Waals surface area contributed by atoms with Crippen molar-refractivity contribution in [3.63, 3.8) is 0 Å². The summed E-state index contributed by atoms with van der Waals surface area (Å²) in [7, 11) is 0. The largest absolute Gasteiger partial charge is 0.417 e. The van der Waals surface area contributed by atoms with Gasteiger partial charge in [0.1, 0.15) is 12.4 Å². The second-order valence-electron chi connectivity index (χ2n) is 3.28. The molecule has 0 atom stereocenters. The van der Waals surface area contributed by atoms with Crippen molar-refractivity contribution in [1.29, 1.82) is 5.26 Å². The van der Waals surface area contributed by atoms with E-state index in [1.807, 2.05) is 0 Å². The van der Waals surface area contributed by atoms with E-state index >= 15 is 0 Å². The van der Waals surface area contributed by atoms with Gasteiger partial charge in [-0.3, -0.25) is 9.59 Å². The van der Waals surface area contributed by atoms with Gasteiger partial charge in [0.15, 0.2) is 5.78 Å². The average molecular weight is 320 g/mol. The van der Waals surface area contributed by atoms with Gasteiger partial charge in [0, 0.05) is 11.1 Å². The predicted molar refractivity (Wildman–Crippen MR) is 59.7 cm³/mol. The molecule has 1 aromatic rings. The van der Waals surface area contributed by atoms with E-state index in [0.29, 0.717) is 6.07 Å². The molecule has 0 radical (unpaired) electrons. The summed E-state index contributed by atoms with van der Waals surface area (Å²) in [4.78, 5) is 22.0. The molecule has 3 nitrogen and oxygen atoms in total. The van der Waals surface area contributed by atoms with Crippen LogP contribution in [-0.2, 0) is 6.18 Å². The lowest BCUT2D eigenvalue weighted by atomic mass is 9.96. The number of Topliss-reactive ketones (excluding diaryl/α,β-unsaturated/α-hetero) is 1. The van der Waals surface area contributed by atoms with Crippen molar-refractivity contribution >= 4 is 28.0 Å². The molecule has 0 heterocycles. The summed E-state index contributed by atoms with van der Waals surface area (Å²) in [5, 5.41) is 8.53. The zero-order valence-corrected chi connectivity index (χ0v) is 10.3. The average Bonchev–Trinajstić information content (AvgIpc) is 2.34. The van der Waals surface area contributed by atoms with Gasteiger partial charge in [-0.25, -0.2) is 0 Å². The van der Waals surface area contributed by atoms with Crippen LogP contribution in [0.1, 0.15) is 31.8 Å². The molecule has 7 heteroatoms. The smallest absolute Gasteiger partial charge is 0.298 e. The maximum absolute atomic E-state index is 12.7. The van der Waals surface area contributed by atoms with Crippen LogP contribution in [0.15, 0.2) is 12.1 Å². The minimum absolute atomic E-state index is 0.196. The lowest BCUT2D eigenvalue weighted by molar-refractivity contribution is -0.137. The van der Waals surface area contributed by atoms with Gasteiger partial charge in [-0.2, -0.15) is 18.4 Å². The van der Waals surface area contributed by atoms with Crippen LogP contribution in [0.25, 0.3) is 0 Å². The fourth-order valence-corrected chi connectivity index (χ4v) is 1.67. The molecule has 94 valence electrons. The van der Waals surface area contributed by atoms with E-state index in [-0.39, 0.29) is 17.2 Å². The van der Waals surface area contributed by atoms with Crippen LogP contribution in [0.5, 0.6) is 0 Å². The number of alkyl halides is 4. The number of halogens is 4. The highest BCUT2D eigenvalue weighted by atomic mass is 79.9. The third-order valence-electron chi connectivity index (χ3n) is 2.14. The van der Waals surface area contributed by atoms with Crippen molar-refractivity contribution in [3.05, 3.63) is 34.4 Å². The number of nitriles is 1. The molecule has 0 amide bonds. The van der Waals surface area contributed by atoms with Crippen molar-refractivity contribution in [2.24, 2.45) is 0 Å². The first-order chi connectivity index (χ1) is 8.35. The number of hydrogen-bond acceptors (Lipinski definition) is 3. The van der Waals surface area contributed by atoms with Gasteiger partial charge in [0.05, 0.1) is 16.5 Å². The Hall–Kier alpha value is -1.68. The fraction of sp³-hybridized carbons (Fsp3) is 0.182. The molecule has 0 saturated heterocycles. The zero-order chi connectivity index (χ0) is 13.9. The van der Waals surface area contributed by atoms with Crippen molar-refractivity contribution in [3.8, 4) is 6.07 Å². The normalized spacial score (nSPS) is 10.8. The molecule has 0 aliphatic heterocycles. The molecule has 0 spiro atoms. The molecular weight excluding hydrogens is 315 g/mol. The lowest BCUT2D eigenvalue weighted by Gasteiger charge is -2.12. The summed E-state index contributed by atoms with van der Waals surface area (Å²) in [5.41, 5.74) is -2.76. The van der Waals surface area contributed by atoms with Crippen LogP contribution in [0.4, 0.5) is 13.2 Å². The number of nitrogens with zero attached hydrogens (tertiary/aromatic N) is 1. The molecule has 1 aromatic carbocycles. The molecule has 1 rings (SSSR count). The van der Waals surface area contributed by atoms with E-state index in [9.17, 15) is 22.8 Å². The van der Waals surface area contributed by atoms with Crippen molar-refractivity contribution in [2.75, 3.05) is 5.33 Å². The molecule has 0 aliphatic carbocycles. The number of carbonyl (C=O) groups is 2. The quantitative estimate of drug-likeness (QED) is 0.489. The van der Waals surface area contributed by atoms with Crippen molar-refractivity contribution in [1.82, 2.24) is 0 Å². The number of ketones is 1. The predicted octanol–water partition coefficient (Wildman–Crippen LogP) is 2.97. The number of aldehydes is 1. The van der Waals surface area contributed by atoms with Gasteiger partial charge >= 0.3 is 6.18 Å². The Morgan fingerprint density at radius 1 is 1.44 bits per heavy atom. The van der Waals surface area contributed by atoms with Crippen LogP contribution in [0.2, 0.25) is 0 Å². The number of benzene rings is 1. The summed E-state index contributed by atoms with van der Waals surface area (Å²) < 4.78 is 38.1. The molecule has 0 unspecified atom stereocenters. The number of carbonyl (C=O) groups excluding carboxylic acids is 2. The molecule has 18 heavy (non-hydrogen) atoms. The standard InChI is InChI=1S/C11H5BrF3NO2/c12-3-10(18)7-1-6(5-17)2-9(8(7)4-16)11(13,14)15/h1-2,5H,3H2. The van der Waals surface area contributed by atoms with E-state index < -0.39 is 28.6 Å². The van der Waals surface area contributed by atoms with E-state index in [1.54, 1.807) is 0 Å². The molecule has 0 aliphatic rings. The van der Waals surface area contributed by atoms with Gasteiger partial charge < -0.3 is 0 Å². The molecule has 0 N–H and O–H groups in total. The lowest BCUT2D eigenvalue weighted by Crippen LogP contribution is -2.14. The first kappa shape index (κ1) is 14.4. The molecule has 0 aromatic heterocycles. The molecule has 0 fully saturated rings. The third-order valence-corrected chi connectivity index (χ3v) is 2.65. The van der Waals surface area contributed by atoms with Crippen LogP contribution >= 0.6 is 15.9 Å². The van der Waals surface area contributed by atoms with Crippen LogP contribution in [0, 0.1) is 11.3 Å². The van der Waals surface area contributed by atoms with Gasteiger partial charge in [-0.05, 0) is 12.1 Å². The van der Waals surface area contributed by atoms with Crippen LogP contribution < -0.4 is 0 Å². The third kappa shape index (κ3) is 2.76. The second-order valence-corrected chi connectivity index (χ2v) is 3.84. The highest BCUT2D eigenvalue weighted by molar-refractivity contribution is 9.09. The summed E-state index contributed by atoms with van der Waals surface area (Å²) in [6, 6.07) is 2.89. The highest BCUT2D eigenvalue weighted by Gasteiger charge is 2.36. The van der Waals surface area contributed by atoms with Gasteiger partial charge in [-0.1, -0.05) is 15.9 Å². The van der Waals surface area contributed by atoms with Crippen molar-refractivity contribution in [2.45, 2.75) is 6.18 Å². The molecule has 0 bridgehead atoms. The van der Waals surface area contributed by atoms with E-state index in [1.165, 1.54) is 6.07 Å². The Morgan fingerprint density at radius 3 is 2.44 bits per heavy atom. The summed E-state index contributed by atoms with van der Waals surface area (Å²) >= 11 is 2.81. The van der Waals surface area contributed by atoms with Gasteiger partial charge in [-0.15, -0.1) is 0 Å². The zero-order valence-electron chi connectivity index (χ0n) is 8.71. The minimum atomic E-state index is -4.80. The van der Waals surface area contributed by atoms with E-state index in [0.717, 1.165) is 6.07 Å². The summed E-state index contributed by atoms with van der Waals surface area (Å²) in [6.07, 6.45) is -4.60. The Kier molecular flexibility index (Phi) is 4.24. The SMILES string of the molecule is N#Cc1c(C(=O)CBr)cc(C=O)cc1C(F)(F)F. The van der Waals surface area contributed by atoms with Crippen LogP contribution in [0.3, 0.4) is 0 Å². The summed E-state index contributed by atoms with van der Waals surface area (Å²) in [6.45, 7) is 0. The fourth-order valence-electron chi connectivity index (χ4n) is 1.37. The Labute approximate surface area is 108 Å².